The van der Waals surface area contributed by atoms with Crippen LogP contribution in [0.3, 0.4) is 0 Å². The summed E-state index contributed by atoms with van der Waals surface area (Å²) < 4.78 is 5.39. The fourth-order valence-corrected chi connectivity index (χ4v) is 1.31. The van der Waals surface area contributed by atoms with Gasteiger partial charge in [-0.05, 0) is 39.3 Å². The summed E-state index contributed by atoms with van der Waals surface area (Å²) in [6, 6.07) is 9.00. The smallest absolute Gasteiger partial charge is 0.338 e. The molecule has 0 aliphatic heterocycles. The van der Waals surface area contributed by atoms with Crippen LogP contribution in [0.2, 0.25) is 0 Å². The van der Waals surface area contributed by atoms with Crippen molar-refractivity contribution in [3.63, 3.8) is 0 Å². The summed E-state index contributed by atoms with van der Waals surface area (Å²) in [7, 11) is 0. The monoisotopic (exact) mass is 247 g/mol. The minimum Gasteiger partial charge on any atom is -0.453 e. The molecule has 1 aromatic carbocycles. The van der Waals surface area contributed by atoms with Gasteiger partial charge >= 0.3 is 5.97 Å². The van der Waals surface area contributed by atoms with Crippen molar-refractivity contribution < 1.29 is 9.53 Å². The molecule has 0 saturated carbocycles. The van der Waals surface area contributed by atoms with Gasteiger partial charge in [-0.25, -0.2) is 4.79 Å². The molecule has 1 aromatic rings. The highest BCUT2D eigenvalue weighted by Gasteiger charge is 2.13. The minimum atomic E-state index is -0.303. The fraction of sp³-hybridized carbons (Fsp3) is 0.467. The molecule has 0 bridgehead atoms. The Morgan fingerprint density at radius 2 is 1.94 bits per heavy atom. The molecule has 0 radical (unpaired) electrons. The molecule has 0 amide bonds. The van der Waals surface area contributed by atoms with E-state index in [1.807, 2.05) is 45.9 Å². The van der Waals surface area contributed by atoms with Crippen molar-refractivity contribution in [3.8, 4) is 0 Å². The number of carbonyl (C=O) groups excluding carboxylic acids is 1. The van der Waals surface area contributed by atoms with Crippen molar-refractivity contribution >= 4 is 12.2 Å². The molecule has 98 valence electrons. The molecule has 3 nitrogen and oxygen atoms in total. The fourth-order valence-electron chi connectivity index (χ4n) is 1.31. The van der Waals surface area contributed by atoms with Crippen LogP contribution in [0.4, 0.5) is 0 Å². The summed E-state index contributed by atoms with van der Waals surface area (Å²) >= 11 is 0. The van der Waals surface area contributed by atoms with Crippen LogP contribution in [0.1, 0.15) is 44.5 Å². The van der Waals surface area contributed by atoms with E-state index in [1.54, 1.807) is 18.3 Å². The largest absolute Gasteiger partial charge is 0.453 e. The first-order chi connectivity index (χ1) is 8.42. The standard InChI is InChI=1S/C15H21NO2/c1-5-13(11-16-15(2,3)4)18-14(17)12-9-7-6-8-10-12/h6-11,13H,5H2,1-4H3. The maximum absolute atomic E-state index is 11.9. The lowest BCUT2D eigenvalue weighted by molar-refractivity contribution is 0.0426. The van der Waals surface area contributed by atoms with Gasteiger partial charge in [-0.3, -0.25) is 4.99 Å². The number of aliphatic imine (C=N–C) groups is 1. The second kappa shape index (κ2) is 6.34. The highest BCUT2D eigenvalue weighted by molar-refractivity contribution is 5.90. The second-order valence-electron chi connectivity index (χ2n) is 5.17. The molecule has 0 saturated heterocycles. The lowest BCUT2D eigenvalue weighted by atomic mass is 10.1. The van der Waals surface area contributed by atoms with Gasteiger partial charge < -0.3 is 4.74 Å². The first-order valence-corrected chi connectivity index (χ1v) is 6.24. The van der Waals surface area contributed by atoms with Crippen molar-refractivity contribution in [1.29, 1.82) is 0 Å². The van der Waals surface area contributed by atoms with E-state index >= 15 is 0 Å². The van der Waals surface area contributed by atoms with Crippen LogP contribution in [0.15, 0.2) is 35.3 Å². The van der Waals surface area contributed by atoms with Crippen LogP contribution < -0.4 is 0 Å². The highest BCUT2D eigenvalue weighted by atomic mass is 16.5. The van der Waals surface area contributed by atoms with Gasteiger partial charge in [-0.15, -0.1) is 0 Å². The molecule has 18 heavy (non-hydrogen) atoms. The van der Waals surface area contributed by atoms with Crippen LogP contribution in [-0.4, -0.2) is 23.8 Å². The average Bonchev–Trinajstić information content (AvgIpc) is 2.34. The van der Waals surface area contributed by atoms with Gasteiger partial charge in [0, 0.05) is 6.21 Å². The Bertz CT molecular complexity index is 404. The maximum Gasteiger partial charge on any atom is 0.338 e. The van der Waals surface area contributed by atoms with Crippen LogP contribution in [0.5, 0.6) is 0 Å². The van der Waals surface area contributed by atoms with E-state index in [0.29, 0.717) is 5.56 Å². The van der Waals surface area contributed by atoms with Crippen molar-refractivity contribution in [3.05, 3.63) is 35.9 Å². The van der Waals surface area contributed by atoms with Crippen LogP contribution in [0, 0.1) is 0 Å². The second-order valence-corrected chi connectivity index (χ2v) is 5.17. The molecule has 0 aliphatic rings. The average molecular weight is 247 g/mol. The third kappa shape index (κ3) is 5.13. The molecule has 0 aliphatic carbocycles. The van der Waals surface area contributed by atoms with Gasteiger partial charge in [0.05, 0.1) is 11.1 Å². The molecular formula is C15H21NO2. The Kier molecular flexibility index (Phi) is 5.08. The first kappa shape index (κ1) is 14.4. The van der Waals surface area contributed by atoms with Gasteiger partial charge in [0.25, 0.3) is 0 Å². The van der Waals surface area contributed by atoms with Gasteiger partial charge in [-0.1, -0.05) is 25.1 Å². The van der Waals surface area contributed by atoms with Crippen LogP contribution in [0.25, 0.3) is 0 Å². The lowest BCUT2D eigenvalue weighted by Crippen LogP contribution is -2.21. The number of nitrogens with zero attached hydrogens (tertiary/aromatic N) is 1. The number of hydrogen-bond donors (Lipinski definition) is 0. The Labute approximate surface area is 109 Å². The Balaban J connectivity index is 2.64. The molecule has 3 heteroatoms. The third-order valence-corrected chi connectivity index (χ3v) is 2.30. The summed E-state index contributed by atoms with van der Waals surface area (Å²) in [5, 5.41) is 0. The number of hydrogen-bond acceptors (Lipinski definition) is 3. The molecule has 0 heterocycles. The molecule has 0 spiro atoms. The molecule has 0 fully saturated rings. The number of esters is 1. The van der Waals surface area contributed by atoms with Crippen molar-refractivity contribution in [2.75, 3.05) is 0 Å². The Morgan fingerprint density at radius 3 is 2.44 bits per heavy atom. The Hall–Kier alpha value is -1.64. The zero-order chi connectivity index (χ0) is 13.6. The summed E-state index contributed by atoms with van der Waals surface area (Å²) in [4.78, 5) is 16.2. The van der Waals surface area contributed by atoms with E-state index in [1.165, 1.54) is 0 Å². The normalized spacial score (nSPS) is 13.6. The minimum absolute atomic E-state index is 0.146. The van der Waals surface area contributed by atoms with E-state index in [9.17, 15) is 4.79 Å². The van der Waals surface area contributed by atoms with E-state index in [-0.39, 0.29) is 17.6 Å². The first-order valence-electron chi connectivity index (χ1n) is 6.24. The van der Waals surface area contributed by atoms with E-state index < -0.39 is 0 Å². The summed E-state index contributed by atoms with van der Waals surface area (Å²) in [5.74, 6) is -0.303. The molecule has 0 N–H and O–H groups in total. The highest BCUT2D eigenvalue weighted by Crippen LogP contribution is 2.09. The number of ether oxygens (including phenoxy) is 1. The zero-order valence-electron chi connectivity index (χ0n) is 11.5. The predicted octanol–water partition coefficient (Wildman–Crippen LogP) is 3.49. The molecule has 0 aromatic heterocycles. The van der Waals surface area contributed by atoms with Crippen LogP contribution in [-0.2, 0) is 4.74 Å². The van der Waals surface area contributed by atoms with Gasteiger partial charge in [0.15, 0.2) is 0 Å². The SMILES string of the molecule is CCC(C=NC(C)(C)C)OC(=O)c1ccccc1. The van der Waals surface area contributed by atoms with Crippen LogP contribution >= 0.6 is 0 Å². The summed E-state index contributed by atoms with van der Waals surface area (Å²) in [6.07, 6.45) is 2.18. The summed E-state index contributed by atoms with van der Waals surface area (Å²) in [6.45, 7) is 8.00. The Morgan fingerprint density at radius 1 is 1.33 bits per heavy atom. The predicted molar refractivity (Wildman–Crippen MR) is 74.2 cm³/mol. The van der Waals surface area contributed by atoms with Gasteiger partial charge in [0.1, 0.15) is 6.10 Å². The number of benzene rings is 1. The van der Waals surface area contributed by atoms with Gasteiger partial charge in [-0.2, -0.15) is 0 Å². The zero-order valence-corrected chi connectivity index (χ0v) is 11.5. The van der Waals surface area contributed by atoms with Crippen molar-refractivity contribution in [1.82, 2.24) is 0 Å². The van der Waals surface area contributed by atoms with Crippen molar-refractivity contribution in [2.45, 2.75) is 45.8 Å². The van der Waals surface area contributed by atoms with E-state index in [4.69, 9.17) is 4.74 Å². The van der Waals surface area contributed by atoms with Gasteiger partial charge in [0.2, 0.25) is 0 Å². The van der Waals surface area contributed by atoms with Crippen molar-refractivity contribution in [2.24, 2.45) is 4.99 Å². The quantitative estimate of drug-likeness (QED) is 0.603. The molecule has 1 rings (SSSR count). The topological polar surface area (TPSA) is 38.7 Å². The van der Waals surface area contributed by atoms with E-state index in [0.717, 1.165) is 6.42 Å². The summed E-state index contributed by atoms with van der Waals surface area (Å²) in [5.41, 5.74) is 0.423. The third-order valence-electron chi connectivity index (χ3n) is 2.30. The number of carbonyl (C=O) groups is 1. The van der Waals surface area contributed by atoms with E-state index in [2.05, 4.69) is 4.99 Å². The number of rotatable bonds is 4. The lowest BCUT2D eigenvalue weighted by Gasteiger charge is -2.15. The molecule has 1 unspecified atom stereocenters. The molecular weight excluding hydrogens is 226 g/mol. The maximum atomic E-state index is 11.9. The molecule has 1 atom stereocenters.